The molecular formula is C14H25N. The third kappa shape index (κ3) is 7.12. The number of hydrogen-bond acceptors (Lipinski definition) is 1. The van der Waals surface area contributed by atoms with E-state index in [1.165, 1.54) is 17.6 Å². The van der Waals surface area contributed by atoms with Crippen LogP contribution in [0.15, 0.2) is 28.3 Å². The van der Waals surface area contributed by atoms with E-state index >= 15 is 0 Å². The normalized spacial score (nSPS) is 16.1. The van der Waals surface area contributed by atoms with E-state index in [1.807, 2.05) is 6.21 Å². The van der Waals surface area contributed by atoms with Gasteiger partial charge in [0.05, 0.1) is 6.04 Å². The lowest BCUT2D eigenvalue weighted by molar-refractivity contribution is 0.855. The molecule has 0 aromatic rings. The third-order valence-electron chi connectivity index (χ3n) is 2.39. The molecule has 0 aliphatic heterocycles. The van der Waals surface area contributed by atoms with Crippen molar-refractivity contribution in [1.82, 2.24) is 0 Å². The first kappa shape index (κ1) is 14.2. The number of allylic oxidation sites excluding steroid dienone is 3. The van der Waals surface area contributed by atoms with Crippen molar-refractivity contribution in [3.05, 3.63) is 23.3 Å². The fourth-order valence-electron chi connectivity index (χ4n) is 1.34. The highest BCUT2D eigenvalue weighted by Gasteiger charge is 1.99. The van der Waals surface area contributed by atoms with Crippen molar-refractivity contribution in [3.8, 4) is 0 Å². The van der Waals surface area contributed by atoms with Gasteiger partial charge in [-0.3, -0.25) is 4.99 Å². The molecule has 15 heavy (non-hydrogen) atoms. The molecule has 0 aromatic carbocycles. The predicted molar refractivity (Wildman–Crippen MR) is 70.7 cm³/mol. The SMILES string of the molecule is CC/C=C(C)\C=C(\C)C(C)/N=C\CCC. The lowest BCUT2D eigenvalue weighted by atomic mass is 10.1. The molecule has 0 aliphatic carbocycles. The summed E-state index contributed by atoms with van der Waals surface area (Å²) in [5.41, 5.74) is 2.68. The number of unbranched alkanes of at least 4 members (excludes halogenated alkanes) is 1. The maximum absolute atomic E-state index is 4.51. The van der Waals surface area contributed by atoms with Crippen LogP contribution in [0, 0.1) is 0 Å². The standard InChI is InChI=1S/C14H25N/c1-6-8-10-15-14(5)13(4)11-12(3)9-7-2/h9-11,14H,6-8H2,1-5H3/b12-9-,13-11-,15-10-. The maximum Gasteiger partial charge on any atom is 0.0677 e. The third-order valence-corrected chi connectivity index (χ3v) is 2.39. The van der Waals surface area contributed by atoms with Gasteiger partial charge in [0, 0.05) is 0 Å². The largest absolute Gasteiger partial charge is 0.290 e. The van der Waals surface area contributed by atoms with Gasteiger partial charge in [-0.1, -0.05) is 38.0 Å². The molecule has 0 aromatic heterocycles. The predicted octanol–water partition coefficient (Wildman–Crippen LogP) is 4.55. The molecular weight excluding hydrogens is 182 g/mol. The van der Waals surface area contributed by atoms with Gasteiger partial charge in [0.15, 0.2) is 0 Å². The van der Waals surface area contributed by atoms with Crippen LogP contribution in [0.2, 0.25) is 0 Å². The molecule has 0 aliphatic rings. The van der Waals surface area contributed by atoms with Crippen molar-refractivity contribution in [3.63, 3.8) is 0 Å². The van der Waals surface area contributed by atoms with Crippen LogP contribution >= 0.6 is 0 Å². The second-order valence-corrected chi connectivity index (χ2v) is 4.04. The first-order valence-corrected chi connectivity index (χ1v) is 5.98. The van der Waals surface area contributed by atoms with Crippen molar-refractivity contribution in [2.24, 2.45) is 4.99 Å². The molecule has 1 atom stereocenters. The van der Waals surface area contributed by atoms with Crippen LogP contribution in [0.1, 0.15) is 53.9 Å². The van der Waals surface area contributed by atoms with Gasteiger partial charge in [-0.2, -0.15) is 0 Å². The summed E-state index contributed by atoms with van der Waals surface area (Å²) in [6, 6.07) is 0.316. The highest BCUT2D eigenvalue weighted by Crippen LogP contribution is 2.09. The first-order chi connectivity index (χ1) is 7.11. The molecule has 0 fully saturated rings. The van der Waals surface area contributed by atoms with E-state index in [0.29, 0.717) is 6.04 Å². The van der Waals surface area contributed by atoms with E-state index in [9.17, 15) is 0 Å². The molecule has 0 heterocycles. The van der Waals surface area contributed by atoms with Crippen LogP contribution in [-0.2, 0) is 0 Å². The van der Waals surface area contributed by atoms with Gasteiger partial charge >= 0.3 is 0 Å². The van der Waals surface area contributed by atoms with Crippen LogP contribution in [0.3, 0.4) is 0 Å². The van der Waals surface area contributed by atoms with Crippen molar-refractivity contribution in [2.45, 2.75) is 59.9 Å². The van der Waals surface area contributed by atoms with E-state index in [2.05, 4.69) is 51.8 Å². The highest BCUT2D eigenvalue weighted by molar-refractivity contribution is 5.57. The lowest BCUT2D eigenvalue weighted by Crippen LogP contribution is -2.00. The van der Waals surface area contributed by atoms with Gasteiger partial charge in [-0.25, -0.2) is 0 Å². The van der Waals surface area contributed by atoms with Gasteiger partial charge in [0.2, 0.25) is 0 Å². The quantitative estimate of drug-likeness (QED) is 0.447. The topological polar surface area (TPSA) is 12.4 Å². The average Bonchev–Trinajstić information content (AvgIpc) is 2.18. The molecule has 86 valence electrons. The summed E-state index contributed by atoms with van der Waals surface area (Å²) in [4.78, 5) is 4.51. The van der Waals surface area contributed by atoms with Gasteiger partial charge < -0.3 is 0 Å². The summed E-state index contributed by atoms with van der Waals surface area (Å²) in [6.45, 7) is 10.8. The molecule has 0 rings (SSSR count). The minimum Gasteiger partial charge on any atom is -0.290 e. The second-order valence-electron chi connectivity index (χ2n) is 4.04. The summed E-state index contributed by atoms with van der Waals surface area (Å²) in [5.74, 6) is 0. The first-order valence-electron chi connectivity index (χ1n) is 5.98. The molecule has 0 saturated carbocycles. The molecule has 0 bridgehead atoms. The van der Waals surface area contributed by atoms with Crippen molar-refractivity contribution < 1.29 is 0 Å². The van der Waals surface area contributed by atoms with Crippen LogP contribution < -0.4 is 0 Å². The zero-order valence-electron chi connectivity index (χ0n) is 10.9. The fourth-order valence-corrected chi connectivity index (χ4v) is 1.34. The minimum absolute atomic E-state index is 0.316. The summed E-state index contributed by atoms with van der Waals surface area (Å²) in [6.07, 6.45) is 9.88. The Hall–Kier alpha value is -0.850. The van der Waals surface area contributed by atoms with Gasteiger partial charge in [-0.05, 0) is 45.4 Å². The van der Waals surface area contributed by atoms with Crippen LogP contribution in [0.5, 0.6) is 0 Å². The Bertz CT molecular complexity index is 246. The zero-order chi connectivity index (χ0) is 11.7. The van der Waals surface area contributed by atoms with Crippen molar-refractivity contribution >= 4 is 6.21 Å². The fraction of sp³-hybridized carbons (Fsp3) is 0.643. The molecule has 1 nitrogen and oxygen atoms in total. The molecule has 0 amide bonds. The Morgan fingerprint density at radius 3 is 2.47 bits per heavy atom. The number of hydrogen-bond donors (Lipinski definition) is 0. The summed E-state index contributed by atoms with van der Waals surface area (Å²) >= 11 is 0. The van der Waals surface area contributed by atoms with Crippen LogP contribution in [0.25, 0.3) is 0 Å². The smallest absolute Gasteiger partial charge is 0.0677 e. The van der Waals surface area contributed by atoms with Gasteiger partial charge in [-0.15, -0.1) is 0 Å². The molecule has 1 heteroatoms. The van der Waals surface area contributed by atoms with Crippen molar-refractivity contribution in [2.75, 3.05) is 0 Å². The van der Waals surface area contributed by atoms with E-state index in [-0.39, 0.29) is 0 Å². The summed E-state index contributed by atoms with van der Waals surface area (Å²) in [7, 11) is 0. The van der Waals surface area contributed by atoms with E-state index < -0.39 is 0 Å². The number of nitrogens with zero attached hydrogens (tertiary/aromatic N) is 1. The van der Waals surface area contributed by atoms with E-state index in [0.717, 1.165) is 12.8 Å². The maximum atomic E-state index is 4.51. The van der Waals surface area contributed by atoms with Gasteiger partial charge in [0.1, 0.15) is 0 Å². The number of rotatable bonds is 6. The zero-order valence-corrected chi connectivity index (χ0v) is 10.9. The Kier molecular flexibility index (Phi) is 7.98. The average molecular weight is 207 g/mol. The summed E-state index contributed by atoms with van der Waals surface area (Å²) < 4.78 is 0. The summed E-state index contributed by atoms with van der Waals surface area (Å²) in [5, 5.41) is 0. The molecule has 1 unspecified atom stereocenters. The number of aliphatic imine (C=N–C) groups is 1. The Labute approximate surface area is 95.0 Å². The highest BCUT2D eigenvalue weighted by atomic mass is 14.8. The Morgan fingerprint density at radius 2 is 1.93 bits per heavy atom. The van der Waals surface area contributed by atoms with E-state index in [4.69, 9.17) is 0 Å². The Balaban J connectivity index is 4.30. The monoisotopic (exact) mass is 207 g/mol. The second kappa shape index (κ2) is 8.46. The van der Waals surface area contributed by atoms with Crippen LogP contribution in [-0.4, -0.2) is 12.3 Å². The molecule has 0 radical (unpaired) electrons. The van der Waals surface area contributed by atoms with Crippen molar-refractivity contribution in [1.29, 1.82) is 0 Å². The van der Waals surface area contributed by atoms with E-state index in [1.54, 1.807) is 0 Å². The molecule has 0 spiro atoms. The lowest BCUT2D eigenvalue weighted by Gasteiger charge is -2.06. The Morgan fingerprint density at radius 1 is 1.27 bits per heavy atom. The molecule has 0 N–H and O–H groups in total. The van der Waals surface area contributed by atoms with Gasteiger partial charge in [0.25, 0.3) is 0 Å². The van der Waals surface area contributed by atoms with Crippen LogP contribution in [0.4, 0.5) is 0 Å². The minimum atomic E-state index is 0.316. The molecule has 0 saturated heterocycles.